The van der Waals surface area contributed by atoms with Gasteiger partial charge < -0.3 is 4.74 Å². The Morgan fingerprint density at radius 2 is 2.11 bits per heavy atom. The molecule has 1 aliphatic rings. The monoisotopic (exact) mass is 263 g/mol. The van der Waals surface area contributed by atoms with Crippen molar-refractivity contribution in [3.05, 3.63) is 33.9 Å². The van der Waals surface area contributed by atoms with Crippen LogP contribution < -0.4 is 4.74 Å². The fraction of sp³-hybridized carbons (Fsp3) is 0.500. The number of nitro groups is 1. The molecule has 102 valence electrons. The van der Waals surface area contributed by atoms with Crippen LogP contribution in [0.15, 0.2) is 18.2 Å². The van der Waals surface area contributed by atoms with E-state index in [9.17, 15) is 14.9 Å². The van der Waals surface area contributed by atoms with Gasteiger partial charge in [0.05, 0.1) is 4.92 Å². The maximum absolute atomic E-state index is 11.0. The van der Waals surface area contributed by atoms with Crippen molar-refractivity contribution in [2.24, 2.45) is 5.92 Å². The van der Waals surface area contributed by atoms with Crippen molar-refractivity contribution in [3.8, 4) is 5.75 Å². The van der Waals surface area contributed by atoms with Crippen LogP contribution in [0.5, 0.6) is 5.75 Å². The summed E-state index contributed by atoms with van der Waals surface area (Å²) in [6, 6.07) is 4.32. The Morgan fingerprint density at radius 1 is 1.37 bits per heavy atom. The summed E-state index contributed by atoms with van der Waals surface area (Å²) in [6.07, 6.45) is 4.91. The van der Waals surface area contributed by atoms with E-state index in [1.54, 1.807) is 6.07 Å². The number of ether oxygens (including phenoxy) is 1. The van der Waals surface area contributed by atoms with Gasteiger partial charge in [-0.15, -0.1) is 0 Å². The van der Waals surface area contributed by atoms with Crippen LogP contribution in [0.3, 0.4) is 0 Å². The average molecular weight is 263 g/mol. The van der Waals surface area contributed by atoms with Crippen LogP contribution >= 0.6 is 0 Å². The van der Waals surface area contributed by atoms with E-state index in [0.717, 1.165) is 19.3 Å². The number of hydrogen-bond acceptors (Lipinski definition) is 4. The number of carbonyl (C=O) groups is 1. The van der Waals surface area contributed by atoms with Crippen LogP contribution in [0.4, 0.5) is 5.69 Å². The van der Waals surface area contributed by atoms with E-state index in [1.165, 1.54) is 18.6 Å². The van der Waals surface area contributed by atoms with Gasteiger partial charge in [0.15, 0.2) is 5.75 Å². The molecule has 1 aliphatic carbocycles. The van der Waals surface area contributed by atoms with Crippen molar-refractivity contribution in [2.75, 3.05) is 0 Å². The lowest BCUT2D eigenvalue weighted by atomic mass is 9.88. The van der Waals surface area contributed by atoms with Crippen LogP contribution in [0.25, 0.3) is 0 Å². The highest BCUT2D eigenvalue weighted by atomic mass is 16.6. The third-order valence-corrected chi connectivity index (χ3v) is 3.63. The van der Waals surface area contributed by atoms with Gasteiger partial charge in [-0.1, -0.05) is 13.3 Å². The van der Waals surface area contributed by atoms with Crippen molar-refractivity contribution in [1.29, 1.82) is 0 Å². The molecule has 1 saturated carbocycles. The molecule has 0 aliphatic heterocycles. The fourth-order valence-electron chi connectivity index (χ4n) is 2.47. The molecule has 1 aromatic rings. The molecule has 2 unspecified atom stereocenters. The summed E-state index contributed by atoms with van der Waals surface area (Å²) in [5, 5.41) is 11.0. The van der Waals surface area contributed by atoms with Crippen molar-refractivity contribution in [2.45, 2.75) is 38.7 Å². The van der Waals surface area contributed by atoms with Gasteiger partial charge in [-0.05, 0) is 37.3 Å². The smallest absolute Gasteiger partial charge is 0.311 e. The van der Waals surface area contributed by atoms with Crippen LogP contribution in [0.1, 0.15) is 43.0 Å². The molecule has 0 saturated heterocycles. The van der Waals surface area contributed by atoms with E-state index in [4.69, 9.17) is 4.74 Å². The highest BCUT2D eigenvalue weighted by molar-refractivity contribution is 5.77. The van der Waals surface area contributed by atoms with Crippen molar-refractivity contribution < 1.29 is 14.5 Å². The normalized spacial score (nSPS) is 22.8. The van der Waals surface area contributed by atoms with Gasteiger partial charge in [-0.3, -0.25) is 14.9 Å². The average Bonchev–Trinajstić information content (AvgIpc) is 2.41. The first-order valence-corrected chi connectivity index (χ1v) is 6.52. The number of carbonyl (C=O) groups excluding carboxylic acids is 1. The number of nitrogens with zero attached hydrogens (tertiary/aromatic N) is 1. The zero-order valence-electron chi connectivity index (χ0n) is 10.9. The second kappa shape index (κ2) is 5.82. The molecule has 5 nitrogen and oxygen atoms in total. The molecule has 0 heterocycles. The van der Waals surface area contributed by atoms with E-state index in [-0.39, 0.29) is 23.1 Å². The van der Waals surface area contributed by atoms with E-state index in [0.29, 0.717) is 12.2 Å². The second-order valence-electron chi connectivity index (χ2n) is 5.02. The van der Waals surface area contributed by atoms with E-state index >= 15 is 0 Å². The molecule has 2 rings (SSSR count). The minimum Gasteiger partial charge on any atom is -0.483 e. The molecule has 5 heteroatoms. The molecular formula is C14H17NO4. The summed E-state index contributed by atoms with van der Waals surface area (Å²) in [5.74, 6) is 0.661. The molecule has 1 aromatic carbocycles. The lowest BCUT2D eigenvalue weighted by Gasteiger charge is -2.29. The predicted octanol–water partition coefficient (Wildman–Crippen LogP) is 3.36. The maximum atomic E-state index is 11.0. The molecule has 0 aromatic heterocycles. The number of benzene rings is 1. The number of hydrogen-bond donors (Lipinski definition) is 0. The molecule has 0 N–H and O–H groups in total. The third kappa shape index (κ3) is 3.10. The zero-order chi connectivity index (χ0) is 13.8. The molecule has 1 fully saturated rings. The summed E-state index contributed by atoms with van der Waals surface area (Å²) >= 11 is 0. The summed E-state index contributed by atoms with van der Waals surface area (Å²) in [7, 11) is 0. The molecule has 0 radical (unpaired) electrons. The van der Waals surface area contributed by atoms with Crippen LogP contribution in [-0.2, 0) is 0 Å². The minimum atomic E-state index is -0.504. The van der Waals surface area contributed by atoms with Crippen LogP contribution in [0.2, 0.25) is 0 Å². The summed E-state index contributed by atoms with van der Waals surface area (Å²) in [6.45, 7) is 2.11. The van der Waals surface area contributed by atoms with Crippen molar-refractivity contribution in [3.63, 3.8) is 0 Å². The molecule has 19 heavy (non-hydrogen) atoms. The number of aldehydes is 1. The molecule has 0 bridgehead atoms. The largest absolute Gasteiger partial charge is 0.483 e. The third-order valence-electron chi connectivity index (χ3n) is 3.63. The highest BCUT2D eigenvalue weighted by Gasteiger charge is 2.26. The van der Waals surface area contributed by atoms with Gasteiger partial charge in [0, 0.05) is 11.6 Å². The standard InChI is InChI=1S/C14H17NO4/c1-10-4-2-3-5-13(10)19-14-7-6-11(9-16)8-12(14)15(17)18/h6-10,13H,2-5H2,1H3. The van der Waals surface area contributed by atoms with Gasteiger partial charge in [0.25, 0.3) is 0 Å². The van der Waals surface area contributed by atoms with E-state index in [1.807, 2.05) is 0 Å². The quantitative estimate of drug-likeness (QED) is 0.474. The Kier molecular flexibility index (Phi) is 4.14. The molecule has 2 atom stereocenters. The minimum absolute atomic E-state index is 0.0227. The first-order chi connectivity index (χ1) is 9.11. The summed E-state index contributed by atoms with van der Waals surface area (Å²) < 4.78 is 5.80. The van der Waals surface area contributed by atoms with Crippen LogP contribution in [0, 0.1) is 16.0 Å². The highest BCUT2D eigenvalue weighted by Crippen LogP contribution is 2.33. The number of nitro benzene ring substituents is 1. The van der Waals surface area contributed by atoms with Gasteiger partial charge in [0.1, 0.15) is 12.4 Å². The molecule has 0 spiro atoms. The number of rotatable bonds is 4. The first kappa shape index (κ1) is 13.5. The Morgan fingerprint density at radius 3 is 2.74 bits per heavy atom. The van der Waals surface area contributed by atoms with Gasteiger partial charge in [0.2, 0.25) is 0 Å². The van der Waals surface area contributed by atoms with Crippen molar-refractivity contribution >= 4 is 12.0 Å². The molecule has 0 amide bonds. The van der Waals surface area contributed by atoms with Gasteiger partial charge >= 0.3 is 5.69 Å². The Balaban J connectivity index is 2.23. The lowest BCUT2D eigenvalue weighted by Crippen LogP contribution is -2.28. The Hall–Kier alpha value is -1.91. The Bertz CT molecular complexity index is 486. The van der Waals surface area contributed by atoms with E-state index < -0.39 is 4.92 Å². The zero-order valence-corrected chi connectivity index (χ0v) is 10.9. The Labute approximate surface area is 111 Å². The van der Waals surface area contributed by atoms with E-state index in [2.05, 4.69) is 6.92 Å². The van der Waals surface area contributed by atoms with Gasteiger partial charge in [-0.25, -0.2) is 0 Å². The van der Waals surface area contributed by atoms with Crippen molar-refractivity contribution in [1.82, 2.24) is 0 Å². The van der Waals surface area contributed by atoms with Gasteiger partial charge in [-0.2, -0.15) is 0 Å². The second-order valence-corrected chi connectivity index (χ2v) is 5.02. The maximum Gasteiger partial charge on any atom is 0.311 e. The summed E-state index contributed by atoms with van der Waals surface area (Å²) in [4.78, 5) is 21.2. The van der Waals surface area contributed by atoms with Crippen LogP contribution in [-0.4, -0.2) is 17.3 Å². The predicted molar refractivity (Wildman–Crippen MR) is 70.5 cm³/mol. The first-order valence-electron chi connectivity index (χ1n) is 6.52. The fourth-order valence-corrected chi connectivity index (χ4v) is 2.47. The lowest BCUT2D eigenvalue weighted by molar-refractivity contribution is -0.386. The topological polar surface area (TPSA) is 69.4 Å². The SMILES string of the molecule is CC1CCCCC1Oc1ccc(C=O)cc1[N+](=O)[O-]. The summed E-state index contributed by atoms with van der Waals surface area (Å²) in [5.41, 5.74) is 0.151. The molecular weight excluding hydrogens is 246 g/mol.